The molecule has 1 aliphatic rings. The quantitative estimate of drug-likeness (QED) is 0.823. The maximum absolute atomic E-state index is 6.12. The highest BCUT2D eigenvalue weighted by molar-refractivity contribution is 9.10. The molecule has 1 aromatic rings. The second-order valence-corrected chi connectivity index (χ2v) is 7.80. The normalized spacial score (nSPS) is 20.8. The van der Waals surface area contributed by atoms with Gasteiger partial charge in [-0.25, -0.2) is 0 Å². The molecule has 0 radical (unpaired) electrons. The van der Waals surface area contributed by atoms with Crippen molar-refractivity contribution in [1.82, 2.24) is 0 Å². The van der Waals surface area contributed by atoms with E-state index in [1.807, 2.05) is 12.1 Å². The highest BCUT2D eigenvalue weighted by atomic mass is 79.9. The van der Waals surface area contributed by atoms with Crippen LogP contribution >= 0.6 is 28.1 Å². The molecule has 3 nitrogen and oxygen atoms in total. The maximum Gasteiger partial charge on any atom is 0.104 e. The van der Waals surface area contributed by atoms with E-state index in [0.717, 1.165) is 28.8 Å². The molecule has 0 aromatic heterocycles. The van der Waals surface area contributed by atoms with Crippen LogP contribution in [-0.2, 0) is 4.74 Å². The van der Waals surface area contributed by atoms with Gasteiger partial charge in [-0.1, -0.05) is 12.2 Å². The molecule has 1 heterocycles. The summed E-state index contributed by atoms with van der Waals surface area (Å²) in [6.45, 7) is 10.2. The first-order valence-corrected chi connectivity index (χ1v) is 7.84. The van der Waals surface area contributed by atoms with E-state index >= 15 is 0 Å². The highest BCUT2D eigenvalue weighted by Crippen LogP contribution is 2.35. The third kappa shape index (κ3) is 3.51. The lowest BCUT2D eigenvalue weighted by Gasteiger charge is -2.48. The van der Waals surface area contributed by atoms with Crippen LogP contribution in [0.2, 0.25) is 0 Å². The van der Waals surface area contributed by atoms with E-state index in [4.69, 9.17) is 22.7 Å². The predicted octanol–water partition coefficient (Wildman–Crippen LogP) is 3.48. The zero-order valence-electron chi connectivity index (χ0n) is 12.4. The summed E-state index contributed by atoms with van der Waals surface area (Å²) in [7, 11) is 0. The van der Waals surface area contributed by atoms with Gasteiger partial charge in [-0.3, -0.25) is 0 Å². The molecule has 20 heavy (non-hydrogen) atoms. The van der Waals surface area contributed by atoms with Crippen molar-refractivity contribution in [1.29, 1.82) is 0 Å². The van der Waals surface area contributed by atoms with Gasteiger partial charge in [0.25, 0.3) is 0 Å². The number of benzene rings is 1. The summed E-state index contributed by atoms with van der Waals surface area (Å²) in [4.78, 5) is 2.76. The van der Waals surface area contributed by atoms with Crippen LogP contribution < -0.4 is 10.6 Å². The fraction of sp³-hybridized carbons (Fsp3) is 0.533. The zero-order chi connectivity index (χ0) is 15.1. The van der Waals surface area contributed by atoms with Crippen molar-refractivity contribution in [3.05, 3.63) is 28.2 Å². The van der Waals surface area contributed by atoms with Crippen LogP contribution in [0.25, 0.3) is 0 Å². The van der Waals surface area contributed by atoms with Crippen molar-refractivity contribution in [3.63, 3.8) is 0 Å². The molecule has 1 fully saturated rings. The average molecular weight is 357 g/mol. The van der Waals surface area contributed by atoms with Crippen LogP contribution in [0.1, 0.15) is 33.3 Å². The molecule has 5 heteroatoms. The van der Waals surface area contributed by atoms with Gasteiger partial charge in [0.05, 0.1) is 16.9 Å². The van der Waals surface area contributed by atoms with Crippen LogP contribution in [0, 0.1) is 0 Å². The molecule has 0 bridgehead atoms. The average Bonchev–Trinajstić information content (AvgIpc) is 2.24. The molecule has 0 unspecified atom stereocenters. The minimum atomic E-state index is -0.178. The van der Waals surface area contributed by atoms with Gasteiger partial charge in [-0.2, -0.15) is 0 Å². The van der Waals surface area contributed by atoms with Crippen molar-refractivity contribution >= 4 is 38.8 Å². The first-order valence-electron chi connectivity index (χ1n) is 6.64. The van der Waals surface area contributed by atoms with Gasteiger partial charge in [-0.15, -0.1) is 0 Å². The zero-order valence-corrected chi connectivity index (χ0v) is 14.8. The summed E-state index contributed by atoms with van der Waals surface area (Å²) in [5, 5.41) is 0. The molecular weight excluding hydrogens is 336 g/mol. The Labute approximate surface area is 134 Å². The lowest BCUT2D eigenvalue weighted by molar-refractivity contribution is -0.133. The van der Waals surface area contributed by atoms with Crippen LogP contribution in [0.15, 0.2) is 22.7 Å². The molecular formula is C15H21BrN2OS. The number of thiocarbonyl (C=S) groups is 1. The smallest absolute Gasteiger partial charge is 0.104 e. The summed E-state index contributed by atoms with van der Waals surface area (Å²) < 4.78 is 7.13. The molecule has 2 rings (SSSR count). The Bertz CT molecular complexity index is 527. The number of halogens is 1. The number of morpholine rings is 1. The molecule has 110 valence electrons. The third-order valence-corrected chi connectivity index (χ3v) is 4.14. The molecule has 0 aliphatic carbocycles. The lowest BCUT2D eigenvalue weighted by atomic mass is 9.98. The van der Waals surface area contributed by atoms with Crippen molar-refractivity contribution in [3.8, 4) is 0 Å². The van der Waals surface area contributed by atoms with Crippen molar-refractivity contribution in [2.45, 2.75) is 38.9 Å². The van der Waals surface area contributed by atoms with Crippen LogP contribution in [0.4, 0.5) is 5.69 Å². The Balaban J connectivity index is 2.34. The van der Waals surface area contributed by atoms with Gasteiger partial charge in [0, 0.05) is 23.1 Å². The largest absolute Gasteiger partial charge is 0.389 e. The van der Waals surface area contributed by atoms with E-state index in [9.17, 15) is 0 Å². The Morgan fingerprint density at radius 1 is 1.25 bits per heavy atom. The monoisotopic (exact) mass is 356 g/mol. The van der Waals surface area contributed by atoms with E-state index in [0.29, 0.717) is 4.99 Å². The Morgan fingerprint density at radius 3 is 2.25 bits per heavy atom. The standard InChI is InChI=1S/C15H21BrN2OS/c1-14(2)8-18(9-15(3,4)19-14)12-6-5-10(13(17)20)7-11(12)16/h5-7H,8-9H2,1-4H3,(H2,17,20). The van der Waals surface area contributed by atoms with E-state index in [1.165, 1.54) is 0 Å². The molecule has 0 spiro atoms. The fourth-order valence-electron chi connectivity index (χ4n) is 2.87. The SMILES string of the molecule is CC1(C)CN(c2ccc(C(N)=S)cc2Br)CC(C)(C)O1. The molecule has 2 N–H and O–H groups in total. The first-order chi connectivity index (χ1) is 9.10. The lowest BCUT2D eigenvalue weighted by Crippen LogP contribution is -2.57. The second-order valence-electron chi connectivity index (χ2n) is 6.51. The summed E-state index contributed by atoms with van der Waals surface area (Å²) >= 11 is 8.65. The molecule has 1 saturated heterocycles. The van der Waals surface area contributed by atoms with Crippen LogP contribution in [0.5, 0.6) is 0 Å². The highest BCUT2D eigenvalue weighted by Gasteiger charge is 2.38. The minimum Gasteiger partial charge on any atom is -0.389 e. The molecule has 0 amide bonds. The van der Waals surface area contributed by atoms with Crippen LogP contribution in [0.3, 0.4) is 0 Å². The summed E-state index contributed by atoms with van der Waals surface area (Å²) in [6.07, 6.45) is 0. The van der Waals surface area contributed by atoms with Crippen molar-refractivity contribution in [2.24, 2.45) is 5.73 Å². The van der Waals surface area contributed by atoms with Gasteiger partial charge >= 0.3 is 0 Å². The van der Waals surface area contributed by atoms with Crippen molar-refractivity contribution < 1.29 is 4.74 Å². The van der Waals surface area contributed by atoms with Gasteiger partial charge in [0.1, 0.15) is 4.99 Å². The van der Waals surface area contributed by atoms with E-state index in [2.05, 4.69) is 54.6 Å². The first kappa shape index (κ1) is 15.7. The van der Waals surface area contributed by atoms with E-state index in [-0.39, 0.29) is 11.2 Å². The molecule has 1 aliphatic heterocycles. The predicted molar refractivity (Wildman–Crippen MR) is 91.5 cm³/mol. The van der Waals surface area contributed by atoms with Gasteiger partial charge < -0.3 is 15.4 Å². The Kier molecular flexibility index (Phi) is 4.15. The number of rotatable bonds is 2. The number of anilines is 1. The fourth-order valence-corrected chi connectivity index (χ4v) is 3.63. The molecule has 1 aromatic carbocycles. The van der Waals surface area contributed by atoms with E-state index in [1.54, 1.807) is 0 Å². The number of nitrogens with zero attached hydrogens (tertiary/aromatic N) is 1. The van der Waals surface area contributed by atoms with E-state index < -0.39 is 0 Å². The third-order valence-electron chi connectivity index (χ3n) is 3.27. The van der Waals surface area contributed by atoms with Crippen molar-refractivity contribution in [2.75, 3.05) is 18.0 Å². The second kappa shape index (κ2) is 5.28. The molecule has 0 atom stereocenters. The van der Waals surface area contributed by atoms with Gasteiger partial charge in [0.15, 0.2) is 0 Å². The summed E-state index contributed by atoms with van der Waals surface area (Å²) in [5.41, 5.74) is 7.34. The Hall–Kier alpha value is -0.650. The molecule has 0 saturated carbocycles. The Morgan fingerprint density at radius 2 is 1.80 bits per heavy atom. The summed E-state index contributed by atoms with van der Waals surface area (Å²) in [6, 6.07) is 6.01. The van der Waals surface area contributed by atoms with Gasteiger partial charge in [-0.05, 0) is 61.8 Å². The van der Waals surface area contributed by atoms with Gasteiger partial charge in [0.2, 0.25) is 0 Å². The number of hydrogen-bond donors (Lipinski definition) is 1. The minimum absolute atomic E-state index is 0.178. The number of ether oxygens (including phenoxy) is 1. The topological polar surface area (TPSA) is 38.5 Å². The summed E-state index contributed by atoms with van der Waals surface area (Å²) in [5.74, 6) is 0. The maximum atomic E-state index is 6.12. The number of hydrogen-bond acceptors (Lipinski definition) is 3. The van der Waals surface area contributed by atoms with Crippen LogP contribution in [-0.4, -0.2) is 29.3 Å². The number of nitrogens with two attached hydrogens (primary N) is 1.